The van der Waals surface area contributed by atoms with Gasteiger partial charge in [-0.2, -0.15) is 0 Å². The number of anilines is 1. The van der Waals surface area contributed by atoms with E-state index in [-0.39, 0.29) is 5.91 Å². The van der Waals surface area contributed by atoms with Crippen molar-refractivity contribution in [2.24, 2.45) is 0 Å². The van der Waals surface area contributed by atoms with E-state index in [1.807, 2.05) is 12.1 Å². The van der Waals surface area contributed by atoms with Gasteiger partial charge >= 0.3 is 0 Å². The van der Waals surface area contributed by atoms with E-state index in [0.717, 1.165) is 11.3 Å². The van der Waals surface area contributed by atoms with Crippen LogP contribution in [-0.4, -0.2) is 34.9 Å². The first-order chi connectivity index (χ1) is 9.22. The van der Waals surface area contributed by atoms with Crippen molar-refractivity contribution in [3.8, 4) is 0 Å². The lowest BCUT2D eigenvalue weighted by Gasteiger charge is -2.18. The number of carbonyl (C=O) groups is 1. The van der Waals surface area contributed by atoms with Crippen molar-refractivity contribution in [3.05, 3.63) is 54.1 Å². The molecule has 2 rings (SSSR count). The molecule has 0 saturated heterocycles. The van der Waals surface area contributed by atoms with E-state index >= 15 is 0 Å². The molecule has 0 bridgehead atoms. The van der Waals surface area contributed by atoms with Crippen molar-refractivity contribution in [2.75, 3.05) is 19.4 Å². The summed E-state index contributed by atoms with van der Waals surface area (Å²) in [6.07, 6.45) is 6.74. The Morgan fingerprint density at radius 2 is 2.05 bits per heavy atom. The van der Waals surface area contributed by atoms with Crippen molar-refractivity contribution >= 4 is 11.6 Å². The van der Waals surface area contributed by atoms with Gasteiger partial charge in [0.2, 0.25) is 0 Å². The topological polar surface area (TPSA) is 58.1 Å². The van der Waals surface area contributed by atoms with Crippen LogP contribution in [0, 0.1) is 0 Å². The smallest absolute Gasteiger partial charge is 0.256 e. The minimum absolute atomic E-state index is 0.0457. The number of hydrogen-bond acceptors (Lipinski definition) is 4. The highest BCUT2D eigenvalue weighted by atomic mass is 16.2. The molecule has 19 heavy (non-hydrogen) atoms. The average Bonchev–Trinajstić information content (AvgIpc) is 2.47. The Hall–Kier alpha value is -2.43. The molecule has 0 radical (unpaired) electrons. The zero-order chi connectivity index (χ0) is 13.7. The predicted molar refractivity (Wildman–Crippen MR) is 73.8 cm³/mol. The van der Waals surface area contributed by atoms with Gasteiger partial charge in [-0.05, 0) is 17.7 Å². The highest BCUT2D eigenvalue weighted by Crippen LogP contribution is 2.15. The summed E-state index contributed by atoms with van der Waals surface area (Å²) < 4.78 is 0. The largest absolute Gasteiger partial charge is 0.386 e. The normalized spacial score (nSPS) is 10.0. The SMILES string of the molecule is CNc1cnccc1C(=O)N(C)Cc1cccnc1. The summed E-state index contributed by atoms with van der Waals surface area (Å²) in [5.41, 5.74) is 2.34. The third-order valence-electron chi connectivity index (χ3n) is 2.81. The second kappa shape index (κ2) is 5.95. The molecule has 0 aromatic carbocycles. The second-order valence-corrected chi connectivity index (χ2v) is 4.19. The van der Waals surface area contributed by atoms with E-state index in [0.29, 0.717) is 12.1 Å². The molecule has 0 fully saturated rings. The number of hydrogen-bond donors (Lipinski definition) is 1. The van der Waals surface area contributed by atoms with Crippen LogP contribution in [0.4, 0.5) is 5.69 Å². The fourth-order valence-corrected chi connectivity index (χ4v) is 1.82. The molecule has 1 amide bonds. The zero-order valence-corrected chi connectivity index (χ0v) is 11.0. The lowest BCUT2D eigenvalue weighted by atomic mass is 10.2. The Balaban J connectivity index is 2.15. The molecule has 5 heteroatoms. The third-order valence-corrected chi connectivity index (χ3v) is 2.81. The van der Waals surface area contributed by atoms with Crippen LogP contribution in [0.5, 0.6) is 0 Å². The van der Waals surface area contributed by atoms with Gasteiger partial charge in [-0.15, -0.1) is 0 Å². The van der Waals surface area contributed by atoms with E-state index in [2.05, 4.69) is 15.3 Å². The molecule has 0 saturated carbocycles. The van der Waals surface area contributed by atoms with Gasteiger partial charge in [0.1, 0.15) is 0 Å². The first-order valence-electron chi connectivity index (χ1n) is 5.98. The molecule has 1 N–H and O–H groups in total. The molecule has 5 nitrogen and oxygen atoms in total. The summed E-state index contributed by atoms with van der Waals surface area (Å²) in [4.78, 5) is 22.1. The fraction of sp³-hybridized carbons (Fsp3) is 0.214. The Labute approximate surface area is 112 Å². The summed E-state index contributed by atoms with van der Waals surface area (Å²) in [6.45, 7) is 0.526. The number of nitrogens with zero attached hydrogens (tertiary/aromatic N) is 3. The lowest BCUT2D eigenvalue weighted by molar-refractivity contribution is 0.0786. The van der Waals surface area contributed by atoms with Crippen LogP contribution < -0.4 is 5.32 Å². The quantitative estimate of drug-likeness (QED) is 0.906. The minimum atomic E-state index is -0.0457. The molecule has 0 aliphatic carbocycles. The summed E-state index contributed by atoms with van der Waals surface area (Å²) in [5.74, 6) is -0.0457. The molecule has 2 aromatic heterocycles. The second-order valence-electron chi connectivity index (χ2n) is 4.19. The van der Waals surface area contributed by atoms with Crippen LogP contribution in [0.3, 0.4) is 0 Å². The number of pyridine rings is 2. The standard InChI is InChI=1S/C14H16N4O/c1-15-13-9-17-7-5-12(13)14(19)18(2)10-11-4-3-6-16-8-11/h3-9,15H,10H2,1-2H3. The van der Waals surface area contributed by atoms with Crippen molar-refractivity contribution in [1.82, 2.24) is 14.9 Å². The Morgan fingerprint density at radius 3 is 2.74 bits per heavy atom. The summed E-state index contributed by atoms with van der Waals surface area (Å²) in [6, 6.07) is 5.52. The maximum Gasteiger partial charge on any atom is 0.256 e. The van der Waals surface area contributed by atoms with Gasteiger partial charge in [-0.1, -0.05) is 6.07 Å². The van der Waals surface area contributed by atoms with Crippen LogP contribution in [-0.2, 0) is 6.54 Å². The van der Waals surface area contributed by atoms with Gasteiger partial charge in [-0.25, -0.2) is 0 Å². The van der Waals surface area contributed by atoms with Crippen molar-refractivity contribution in [3.63, 3.8) is 0 Å². The zero-order valence-electron chi connectivity index (χ0n) is 11.0. The van der Waals surface area contributed by atoms with Crippen LogP contribution in [0.2, 0.25) is 0 Å². The molecule has 0 aliphatic rings. The highest BCUT2D eigenvalue weighted by molar-refractivity contribution is 5.99. The molecule has 0 aliphatic heterocycles. The van der Waals surface area contributed by atoms with Crippen molar-refractivity contribution < 1.29 is 4.79 Å². The van der Waals surface area contributed by atoms with Crippen LogP contribution in [0.15, 0.2) is 43.0 Å². The average molecular weight is 256 g/mol. The maximum atomic E-state index is 12.4. The van der Waals surface area contributed by atoms with E-state index in [1.165, 1.54) is 0 Å². The number of rotatable bonds is 4. The van der Waals surface area contributed by atoms with E-state index in [4.69, 9.17) is 0 Å². The summed E-state index contributed by atoms with van der Waals surface area (Å²) >= 11 is 0. The molecule has 2 aromatic rings. The van der Waals surface area contributed by atoms with Gasteiger partial charge in [0, 0.05) is 39.2 Å². The first kappa shape index (κ1) is 13.0. The fourth-order valence-electron chi connectivity index (χ4n) is 1.82. The van der Waals surface area contributed by atoms with E-state index < -0.39 is 0 Å². The van der Waals surface area contributed by atoms with Gasteiger partial charge in [0.15, 0.2) is 0 Å². The summed E-state index contributed by atoms with van der Waals surface area (Å²) in [7, 11) is 3.55. The Kier molecular flexibility index (Phi) is 4.07. The number of amides is 1. The first-order valence-corrected chi connectivity index (χ1v) is 5.98. The number of nitrogens with one attached hydrogen (secondary N) is 1. The van der Waals surface area contributed by atoms with Gasteiger partial charge in [0.25, 0.3) is 5.91 Å². The van der Waals surface area contributed by atoms with Crippen LogP contribution in [0.25, 0.3) is 0 Å². The molecular formula is C14H16N4O. The van der Waals surface area contributed by atoms with Crippen LogP contribution in [0.1, 0.15) is 15.9 Å². The van der Waals surface area contributed by atoms with Crippen LogP contribution >= 0.6 is 0 Å². The molecule has 2 heterocycles. The monoisotopic (exact) mass is 256 g/mol. The predicted octanol–water partition coefficient (Wildman–Crippen LogP) is 1.79. The van der Waals surface area contributed by atoms with Gasteiger partial charge in [0.05, 0.1) is 17.4 Å². The van der Waals surface area contributed by atoms with E-state index in [9.17, 15) is 4.79 Å². The molecule has 0 spiro atoms. The van der Waals surface area contributed by atoms with Crippen molar-refractivity contribution in [2.45, 2.75) is 6.54 Å². The molecular weight excluding hydrogens is 240 g/mol. The summed E-state index contributed by atoms with van der Waals surface area (Å²) in [5, 5.41) is 2.97. The van der Waals surface area contributed by atoms with E-state index in [1.54, 1.807) is 49.8 Å². The van der Waals surface area contributed by atoms with Gasteiger partial charge in [-0.3, -0.25) is 14.8 Å². The maximum absolute atomic E-state index is 12.4. The third kappa shape index (κ3) is 3.07. The number of carbonyl (C=O) groups excluding carboxylic acids is 1. The Bertz CT molecular complexity index is 556. The van der Waals surface area contributed by atoms with Gasteiger partial charge < -0.3 is 10.2 Å². The Morgan fingerprint density at radius 1 is 1.26 bits per heavy atom. The highest BCUT2D eigenvalue weighted by Gasteiger charge is 2.15. The molecule has 98 valence electrons. The number of aromatic nitrogens is 2. The lowest BCUT2D eigenvalue weighted by Crippen LogP contribution is -2.27. The minimum Gasteiger partial charge on any atom is -0.386 e. The molecule has 0 unspecified atom stereocenters. The molecule has 0 atom stereocenters. The van der Waals surface area contributed by atoms with Crippen molar-refractivity contribution in [1.29, 1.82) is 0 Å².